The van der Waals surface area contributed by atoms with E-state index in [9.17, 15) is 13.2 Å². The van der Waals surface area contributed by atoms with Gasteiger partial charge in [0.15, 0.2) is 0 Å². The maximum atomic E-state index is 11.4. The van der Waals surface area contributed by atoms with Gasteiger partial charge < -0.3 is 9.64 Å². The summed E-state index contributed by atoms with van der Waals surface area (Å²) in [6.07, 6.45) is 1.48. The van der Waals surface area contributed by atoms with Gasteiger partial charge in [0, 0.05) is 19.3 Å². The van der Waals surface area contributed by atoms with Crippen molar-refractivity contribution < 1.29 is 17.9 Å². The van der Waals surface area contributed by atoms with Crippen molar-refractivity contribution in [1.82, 2.24) is 4.90 Å². The normalized spacial score (nSPS) is 12.8. The number of carbonyl (C=O) groups is 1. The molecule has 0 fully saturated rings. The van der Waals surface area contributed by atoms with Crippen LogP contribution in [0.5, 0.6) is 0 Å². The fourth-order valence-corrected chi connectivity index (χ4v) is 1.75. The van der Waals surface area contributed by atoms with Crippen molar-refractivity contribution >= 4 is 15.8 Å². The Hall–Kier alpha value is -0.620. The molecule has 17 heavy (non-hydrogen) atoms. The SMILES string of the molecule is CN(CCC(=O)OC(C)(C)C)CCS(C)(=O)=O. The highest BCUT2D eigenvalue weighted by molar-refractivity contribution is 7.90. The number of ether oxygens (including phenoxy) is 1. The number of esters is 1. The number of hydrogen-bond acceptors (Lipinski definition) is 5. The van der Waals surface area contributed by atoms with Crippen molar-refractivity contribution in [2.24, 2.45) is 0 Å². The molecule has 0 heterocycles. The highest BCUT2D eigenvalue weighted by Gasteiger charge is 2.16. The molecule has 0 aliphatic carbocycles. The van der Waals surface area contributed by atoms with Crippen LogP contribution in [0.25, 0.3) is 0 Å². The molecule has 0 aromatic carbocycles. The molecule has 0 atom stereocenters. The second-order valence-electron chi connectivity index (χ2n) is 5.27. The summed E-state index contributed by atoms with van der Waals surface area (Å²) >= 11 is 0. The number of rotatable bonds is 6. The van der Waals surface area contributed by atoms with Crippen molar-refractivity contribution in [2.75, 3.05) is 32.1 Å². The molecule has 0 radical (unpaired) electrons. The minimum Gasteiger partial charge on any atom is -0.460 e. The van der Waals surface area contributed by atoms with Crippen molar-refractivity contribution in [1.29, 1.82) is 0 Å². The largest absolute Gasteiger partial charge is 0.460 e. The lowest BCUT2D eigenvalue weighted by Crippen LogP contribution is -2.30. The lowest BCUT2D eigenvalue weighted by atomic mass is 10.2. The molecular weight excluding hydrogens is 242 g/mol. The Morgan fingerprint density at radius 3 is 2.18 bits per heavy atom. The van der Waals surface area contributed by atoms with Crippen molar-refractivity contribution in [3.63, 3.8) is 0 Å². The molecule has 0 amide bonds. The predicted octanol–water partition coefficient (Wildman–Crippen LogP) is 0.695. The fraction of sp³-hybridized carbons (Fsp3) is 0.909. The molecule has 0 unspecified atom stereocenters. The number of carbonyl (C=O) groups excluding carboxylic acids is 1. The highest BCUT2D eigenvalue weighted by Crippen LogP contribution is 2.08. The Kier molecular flexibility index (Phi) is 6.12. The second-order valence-corrected chi connectivity index (χ2v) is 7.53. The topological polar surface area (TPSA) is 63.7 Å². The molecule has 0 bridgehead atoms. The van der Waals surface area contributed by atoms with Crippen LogP contribution in [0.15, 0.2) is 0 Å². The van der Waals surface area contributed by atoms with E-state index in [4.69, 9.17) is 4.74 Å². The molecule has 102 valence electrons. The van der Waals surface area contributed by atoms with Gasteiger partial charge in [-0.2, -0.15) is 0 Å². The van der Waals surface area contributed by atoms with Gasteiger partial charge in [0.2, 0.25) is 0 Å². The minimum atomic E-state index is -2.94. The molecule has 5 nitrogen and oxygen atoms in total. The van der Waals surface area contributed by atoms with Gasteiger partial charge in [0.1, 0.15) is 15.4 Å². The van der Waals surface area contributed by atoms with E-state index in [2.05, 4.69) is 0 Å². The average Bonchev–Trinajstić information content (AvgIpc) is 2.07. The second kappa shape index (κ2) is 6.35. The Labute approximate surface area is 104 Å². The number of hydrogen-bond donors (Lipinski definition) is 0. The third kappa shape index (κ3) is 11.6. The van der Waals surface area contributed by atoms with Crippen molar-refractivity contribution in [2.45, 2.75) is 32.8 Å². The van der Waals surface area contributed by atoms with Crippen LogP contribution >= 0.6 is 0 Å². The summed E-state index contributed by atoms with van der Waals surface area (Å²) in [5, 5.41) is 0. The van der Waals surface area contributed by atoms with Crippen LogP contribution in [0.3, 0.4) is 0 Å². The molecule has 6 heteroatoms. The van der Waals surface area contributed by atoms with Crippen LogP contribution in [0.1, 0.15) is 27.2 Å². The Morgan fingerprint density at radius 2 is 1.76 bits per heavy atom. The average molecular weight is 265 g/mol. The zero-order valence-corrected chi connectivity index (χ0v) is 12.1. The monoisotopic (exact) mass is 265 g/mol. The first-order chi connectivity index (χ1) is 7.49. The van der Waals surface area contributed by atoms with E-state index in [0.29, 0.717) is 13.1 Å². The summed E-state index contributed by atoms with van der Waals surface area (Å²) in [4.78, 5) is 13.2. The van der Waals surface area contributed by atoms with Crippen LogP contribution in [-0.2, 0) is 19.4 Å². The van der Waals surface area contributed by atoms with Gasteiger partial charge in [-0.25, -0.2) is 8.42 Å². The third-order valence-corrected chi connectivity index (χ3v) is 2.89. The molecule has 0 aliphatic heterocycles. The Morgan fingerprint density at radius 1 is 1.24 bits per heavy atom. The Bertz CT molecular complexity index is 343. The first-order valence-electron chi connectivity index (χ1n) is 5.58. The first-order valence-corrected chi connectivity index (χ1v) is 7.64. The molecule has 0 saturated heterocycles. The first kappa shape index (κ1) is 16.4. The van der Waals surface area contributed by atoms with Crippen LogP contribution in [0.4, 0.5) is 0 Å². The highest BCUT2D eigenvalue weighted by atomic mass is 32.2. The zero-order chi connectivity index (χ0) is 13.7. The Balaban J connectivity index is 3.85. The van der Waals surface area contributed by atoms with Crippen molar-refractivity contribution in [3.05, 3.63) is 0 Å². The minimum absolute atomic E-state index is 0.109. The van der Waals surface area contributed by atoms with Gasteiger partial charge in [-0.3, -0.25) is 4.79 Å². The van der Waals surface area contributed by atoms with Gasteiger partial charge in [0.25, 0.3) is 0 Å². The van der Waals surface area contributed by atoms with E-state index in [1.807, 2.05) is 25.7 Å². The zero-order valence-electron chi connectivity index (χ0n) is 11.3. The molecule has 0 rings (SSSR count). The molecule has 0 spiro atoms. The van der Waals surface area contributed by atoms with E-state index in [0.717, 1.165) is 0 Å². The quantitative estimate of drug-likeness (QED) is 0.661. The number of nitrogens with zero attached hydrogens (tertiary/aromatic N) is 1. The van der Waals surface area contributed by atoms with Gasteiger partial charge in [-0.15, -0.1) is 0 Å². The van der Waals surface area contributed by atoms with Gasteiger partial charge >= 0.3 is 5.97 Å². The molecular formula is C11H23NO4S. The third-order valence-electron chi connectivity index (χ3n) is 1.96. The smallest absolute Gasteiger partial charge is 0.307 e. The summed E-state index contributed by atoms with van der Waals surface area (Å²) in [6, 6.07) is 0. The predicted molar refractivity (Wildman–Crippen MR) is 67.7 cm³/mol. The summed E-state index contributed by atoms with van der Waals surface area (Å²) in [5.41, 5.74) is -0.470. The molecule has 0 saturated carbocycles. The van der Waals surface area contributed by atoms with E-state index < -0.39 is 15.4 Å². The molecule has 0 N–H and O–H groups in total. The van der Waals surface area contributed by atoms with E-state index >= 15 is 0 Å². The summed E-state index contributed by atoms with van der Waals surface area (Å²) in [6.45, 7) is 6.39. The maximum absolute atomic E-state index is 11.4. The summed E-state index contributed by atoms with van der Waals surface area (Å²) in [5.74, 6) is -0.152. The van der Waals surface area contributed by atoms with Crippen LogP contribution in [0.2, 0.25) is 0 Å². The van der Waals surface area contributed by atoms with Crippen molar-refractivity contribution in [3.8, 4) is 0 Å². The van der Waals surface area contributed by atoms with Gasteiger partial charge in [-0.05, 0) is 27.8 Å². The van der Waals surface area contributed by atoms with E-state index in [1.165, 1.54) is 6.26 Å². The summed E-state index contributed by atoms with van der Waals surface area (Å²) < 4.78 is 27.0. The lowest BCUT2D eigenvalue weighted by Gasteiger charge is -2.21. The van der Waals surface area contributed by atoms with Crippen LogP contribution in [-0.4, -0.2) is 57.0 Å². The molecule has 0 aromatic rings. The fourth-order valence-electron chi connectivity index (χ4n) is 1.11. The van der Waals surface area contributed by atoms with Crippen LogP contribution in [0, 0.1) is 0 Å². The molecule has 0 aromatic heterocycles. The van der Waals surface area contributed by atoms with Gasteiger partial charge in [-0.1, -0.05) is 0 Å². The maximum Gasteiger partial charge on any atom is 0.307 e. The van der Waals surface area contributed by atoms with Gasteiger partial charge in [0.05, 0.1) is 12.2 Å². The molecule has 0 aliphatic rings. The summed E-state index contributed by atoms with van der Waals surface area (Å²) in [7, 11) is -1.16. The number of sulfone groups is 1. The standard InChI is InChI=1S/C11H23NO4S/c1-11(2,3)16-10(13)6-7-12(4)8-9-17(5,14)15/h6-9H2,1-5H3. The lowest BCUT2D eigenvalue weighted by molar-refractivity contribution is -0.155. The van der Waals surface area contributed by atoms with Crippen LogP contribution < -0.4 is 0 Å². The van der Waals surface area contributed by atoms with E-state index in [-0.39, 0.29) is 18.1 Å². The van der Waals surface area contributed by atoms with E-state index in [1.54, 1.807) is 7.05 Å².